The molecule has 204 valence electrons. The Morgan fingerprint density at radius 1 is 0.629 bits per heavy atom. The third kappa shape index (κ3) is 24.6. The Morgan fingerprint density at radius 2 is 0.971 bits per heavy atom. The molecule has 0 saturated heterocycles. The topological polar surface area (TPSA) is 107 Å². The molecule has 0 fully saturated rings. The molecule has 0 saturated carbocycles. The monoisotopic (exact) mass is 546 g/mol. The van der Waals surface area contributed by atoms with Gasteiger partial charge >= 0.3 is 63.3 Å². The van der Waals surface area contributed by atoms with Crippen LogP contribution >= 0.6 is 0 Å². The van der Waals surface area contributed by atoms with Gasteiger partial charge in [-0.25, -0.2) is 0 Å². The molecule has 0 amide bonds. The fourth-order valence-electron chi connectivity index (χ4n) is 3.80. The van der Waals surface area contributed by atoms with Crippen molar-refractivity contribution < 1.29 is 32.0 Å². The Kier molecular flexibility index (Phi) is 28.1. The van der Waals surface area contributed by atoms with Crippen LogP contribution < -0.4 is 0 Å². The molecule has 0 spiro atoms. The number of ether oxygens (including phenoxy) is 2. The molecule has 35 heavy (non-hydrogen) atoms. The van der Waals surface area contributed by atoms with Crippen LogP contribution in [0.1, 0.15) is 136 Å². The van der Waals surface area contributed by atoms with Gasteiger partial charge in [0.05, 0.1) is 19.6 Å². The maximum absolute atomic E-state index is 12.1. The van der Waals surface area contributed by atoms with Crippen LogP contribution in [-0.2, 0) is 29.2 Å². The predicted octanol–water partition coefficient (Wildman–Crippen LogP) is 6.13. The Labute approximate surface area is 257 Å². The van der Waals surface area contributed by atoms with E-state index < -0.39 is 33.7 Å². The zero-order valence-corrected chi connectivity index (χ0v) is 22.5. The van der Waals surface area contributed by atoms with Crippen LogP contribution in [0.4, 0.5) is 0 Å². The Bertz CT molecular complexity index is 611. The van der Waals surface area contributed by atoms with E-state index in [2.05, 4.69) is 13.8 Å². The van der Waals surface area contributed by atoms with Crippen LogP contribution in [0, 0.1) is 0 Å². The molecule has 0 aliphatic carbocycles. The van der Waals surface area contributed by atoms with Crippen molar-refractivity contribution in [3.8, 4) is 0 Å². The quantitative estimate of drug-likeness (QED) is 0.0671. The van der Waals surface area contributed by atoms with Crippen molar-refractivity contribution in [3.63, 3.8) is 0 Å². The first-order valence-corrected chi connectivity index (χ1v) is 15.1. The second kappa shape index (κ2) is 26.1. The van der Waals surface area contributed by atoms with Crippen molar-refractivity contribution >= 4 is 73.4 Å². The van der Waals surface area contributed by atoms with E-state index in [1.54, 1.807) is 0 Å². The number of rotatable bonds is 24. The number of unbranched alkanes of at least 4 members (excludes halogenated alkanes) is 16. The van der Waals surface area contributed by atoms with Gasteiger partial charge < -0.3 is 9.47 Å². The predicted molar refractivity (Wildman–Crippen MR) is 143 cm³/mol. The van der Waals surface area contributed by atoms with Gasteiger partial charge in [0.1, 0.15) is 0 Å². The van der Waals surface area contributed by atoms with Crippen molar-refractivity contribution in [1.29, 1.82) is 0 Å². The number of hydrogen-bond donors (Lipinski definition) is 1. The van der Waals surface area contributed by atoms with E-state index >= 15 is 0 Å². The molecule has 0 aromatic heterocycles. The van der Waals surface area contributed by atoms with Crippen molar-refractivity contribution in [2.45, 2.75) is 141 Å². The van der Waals surface area contributed by atoms with E-state index in [9.17, 15) is 22.6 Å². The summed E-state index contributed by atoms with van der Waals surface area (Å²) in [4.78, 5) is 24.1. The minimum absolute atomic E-state index is 0. The number of carbonyl (C=O) groups is 2. The molecule has 1 unspecified atom stereocenters. The molecule has 0 aliphatic rings. The molecule has 0 aromatic rings. The number of carbonyl (C=O) groups excluding carboxylic acids is 2. The summed E-state index contributed by atoms with van der Waals surface area (Å²) in [6.07, 6.45) is 19.3. The van der Waals surface area contributed by atoms with Crippen LogP contribution in [0.15, 0.2) is 0 Å². The standard InChI is InChI=1S/C26H50O7S.K.H/c1-3-5-7-9-11-13-15-17-19-21-32-25(27)23-24(34(29,30)31)26(28)33-22-20-18-16-14-12-10-8-6-4-2;;/h24H,3-23H2,1-2H3,(H,29,30,31);;. The van der Waals surface area contributed by atoms with Crippen molar-refractivity contribution in [3.05, 3.63) is 0 Å². The summed E-state index contributed by atoms with van der Waals surface area (Å²) in [6, 6.07) is 0. The molecule has 0 aromatic carbocycles. The molecule has 9 heteroatoms. The van der Waals surface area contributed by atoms with E-state index in [1.165, 1.54) is 64.2 Å². The van der Waals surface area contributed by atoms with E-state index in [1.807, 2.05) is 0 Å². The normalized spacial score (nSPS) is 12.1. The molecule has 1 atom stereocenters. The van der Waals surface area contributed by atoms with Gasteiger partial charge in [0, 0.05) is 0 Å². The Hall–Kier alpha value is 0.486. The minimum atomic E-state index is -4.75. The van der Waals surface area contributed by atoms with Gasteiger partial charge in [0.2, 0.25) is 0 Å². The van der Waals surface area contributed by atoms with Crippen molar-refractivity contribution in [2.75, 3.05) is 13.2 Å². The first-order valence-electron chi connectivity index (χ1n) is 13.6. The molecular formula is C26H51KO7S. The summed E-state index contributed by atoms with van der Waals surface area (Å²) < 4.78 is 42.6. The molecular weight excluding hydrogens is 495 g/mol. The van der Waals surface area contributed by atoms with Crippen molar-refractivity contribution in [1.82, 2.24) is 0 Å². The second-order valence-corrected chi connectivity index (χ2v) is 10.9. The van der Waals surface area contributed by atoms with Crippen LogP contribution in [0.5, 0.6) is 0 Å². The zero-order chi connectivity index (χ0) is 25.5. The third-order valence-corrected chi connectivity index (χ3v) is 7.06. The first-order chi connectivity index (χ1) is 16.3. The summed E-state index contributed by atoms with van der Waals surface area (Å²) >= 11 is 0. The maximum atomic E-state index is 12.1. The molecule has 0 bridgehead atoms. The van der Waals surface area contributed by atoms with Crippen LogP contribution in [0.25, 0.3) is 0 Å². The summed E-state index contributed by atoms with van der Waals surface area (Å²) in [6.45, 7) is 4.64. The van der Waals surface area contributed by atoms with E-state index in [0.29, 0.717) is 12.8 Å². The Balaban J connectivity index is 0. The van der Waals surface area contributed by atoms with E-state index in [4.69, 9.17) is 9.47 Å². The summed E-state index contributed by atoms with van der Waals surface area (Å²) in [5, 5.41) is -1.93. The van der Waals surface area contributed by atoms with Crippen LogP contribution in [-0.4, -0.2) is 94.8 Å². The Morgan fingerprint density at radius 3 is 1.34 bits per heavy atom. The van der Waals surface area contributed by atoms with Gasteiger partial charge in [-0.15, -0.1) is 0 Å². The van der Waals surface area contributed by atoms with E-state index in [-0.39, 0.29) is 64.6 Å². The molecule has 0 radical (unpaired) electrons. The van der Waals surface area contributed by atoms with Gasteiger partial charge in [0.15, 0.2) is 5.25 Å². The van der Waals surface area contributed by atoms with Gasteiger partial charge in [0.25, 0.3) is 10.1 Å². The molecule has 0 heterocycles. The van der Waals surface area contributed by atoms with Gasteiger partial charge in [-0.05, 0) is 12.8 Å². The van der Waals surface area contributed by atoms with Crippen molar-refractivity contribution in [2.24, 2.45) is 0 Å². The molecule has 0 rings (SSSR count). The average Bonchev–Trinajstić information content (AvgIpc) is 2.79. The fraction of sp³-hybridized carbons (Fsp3) is 0.923. The summed E-state index contributed by atoms with van der Waals surface area (Å²) in [5.41, 5.74) is 0. The average molecular weight is 547 g/mol. The molecule has 1 N–H and O–H groups in total. The third-order valence-electron chi connectivity index (χ3n) is 5.98. The number of hydrogen-bond acceptors (Lipinski definition) is 6. The fourth-order valence-corrected chi connectivity index (χ4v) is 4.46. The van der Waals surface area contributed by atoms with E-state index in [0.717, 1.165) is 38.5 Å². The number of esters is 2. The first kappa shape index (κ1) is 37.6. The van der Waals surface area contributed by atoms with Gasteiger partial charge in [-0.2, -0.15) is 8.42 Å². The summed E-state index contributed by atoms with van der Waals surface area (Å²) in [5.74, 6) is -1.91. The SMILES string of the molecule is CCCCCCCCCCCOC(=O)CC(C(=O)OCCCCCCCCCCC)S(=O)(=O)O.[KH]. The molecule has 7 nitrogen and oxygen atoms in total. The van der Waals surface area contributed by atoms with Crippen LogP contribution in [0.3, 0.4) is 0 Å². The zero-order valence-electron chi connectivity index (χ0n) is 21.7. The summed E-state index contributed by atoms with van der Waals surface area (Å²) in [7, 11) is -4.75. The molecule has 0 aliphatic heterocycles. The van der Waals surface area contributed by atoms with Gasteiger partial charge in [-0.3, -0.25) is 14.1 Å². The second-order valence-electron chi connectivity index (χ2n) is 9.25. The van der Waals surface area contributed by atoms with Gasteiger partial charge in [-0.1, -0.05) is 117 Å². The van der Waals surface area contributed by atoms with Crippen LogP contribution in [0.2, 0.25) is 0 Å².